The lowest BCUT2D eigenvalue weighted by Crippen LogP contribution is -2.31. The van der Waals surface area contributed by atoms with Crippen molar-refractivity contribution in [2.24, 2.45) is 5.92 Å². The van der Waals surface area contributed by atoms with Crippen molar-refractivity contribution in [1.29, 1.82) is 0 Å². The fourth-order valence-electron chi connectivity index (χ4n) is 2.74. The minimum absolute atomic E-state index is 0.105. The van der Waals surface area contributed by atoms with Crippen LogP contribution in [0.2, 0.25) is 0 Å². The monoisotopic (exact) mass is 270 g/mol. The number of carbonyl (C=O) groups excluding carboxylic acids is 1. The van der Waals surface area contributed by atoms with Crippen LogP contribution in [0.25, 0.3) is 0 Å². The van der Waals surface area contributed by atoms with Gasteiger partial charge in [-0.25, -0.2) is 0 Å². The van der Waals surface area contributed by atoms with Gasteiger partial charge in [-0.2, -0.15) is 0 Å². The van der Waals surface area contributed by atoms with Crippen molar-refractivity contribution in [3.63, 3.8) is 0 Å². The second-order valence-corrected chi connectivity index (χ2v) is 5.50. The highest BCUT2D eigenvalue weighted by atomic mass is 16.8. The van der Waals surface area contributed by atoms with E-state index in [1.807, 2.05) is 13.8 Å². The Morgan fingerprint density at radius 1 is 1.37 bits per heavy atom. The van der Waals surface area contributed by atoms with Gasteiger partial charge in [0.2, 0.25) is 0 Å². The zero-order valence-electron chi connectivity index (χ0n) is 11.7. The zero-order chi connectivity index (χ0) is 14.0. The molecule has 0 saturated carbocycles. The average molecular weight is 270 g/mol. The molecule has 0 spiro atoms. The third kappa shape index (κ3) is 3.05. The Morgan fingerprint density at radius 2 is 2.05 bits per heavy atom. The lowest BCUT2D eigenvalue weighted by molar-refractivity contribution is -0.228. The highest BCUT2D eigenvalue weighted by molar-refractivity contribution is 5.53. The van der Waals surface area contributed by atoms with Gasteiger partial charge in [-0.15, -0.1) is 6.58 Å². The summed E-state index contributed by atoms with van der Waals surface area (Å²) in [7, 11) is 1.58. The van der Waals surface area contributed by atoms with Crippen LogP contribution in [-0.2, 0) is 23.7 Å². The van der Waals surface area contributed by atoms with Crippen LogP contribution >= 0.6 is 0 Å². The molecule has 5 atom stereocenters. The summed E-state index contributed by atoms with van der Waals surface area (Å²) in [5.41, 5.74) is 0. The molecule has 108 valence electrons. The second kappa shape index (κ2) is 5.71. The molecule has 2 aliphatic rings. The quantitative estimate of drug-likeness (QED) is 0.542. The van der Waals surface area contributed by atoms with Crippen molar-refractivity contribution in [2.45, 2.75) is 57.1 Å². The van der Waals surface area contributed by atoms with E-state index in [2.05, 4.69) is 6.58 Å². The third-order valence-corrected chi connectivity index (χ3v) is 3.54. The molecule has 5 heteroatoms. The Kier molecular flexibility index (Phi) is 4.40. The van der Waals surface area contributed by atoms with Crippen molar-refractivity contribution in [2.75, 3.05) is 7.11 Å². The van der Waals surface area contributed by atoms with Gasteiger partial charge in [0.05, 0.1) is 6.10 Å². The first kappa shape index (κ1) is 14.7. The molecular formula is C14H22O5. The fourth-order valence-corrected chi connectivity index (χ4v) is 2.74. The summed E-state index contributed by atoms with van der Waals surface area (Å²) in [6.07, 6.45) is 2.88. The molecule has 19 heavy (non-hydrogen) atoms. The van der Waals surface area contributed by atoms with Crippen molar-refractivity contribution >= 4 is 6.29 Å². The molecule has 0 N–H and O–H groups in total. The molecular weight excluding hydrogens is 248 g/mol. The maximum Gasteiger partial charge on any atom is 0.186 e. The van der Waals surface area contributed by atoms with Crippen LogP contribution in [0, 0.1) is 5.92 Å². The van der Waals surface area contributed by atoms with Gasteiger partial charge in [0.25, 0.3) is 0 Å². The Bertz CT molecular complexity index is 341. The Labute approximate surface area is 113 Å². The number of methoxy groups -OCH3 is 1. The fraction of sp³-hybridized carbons (Fsp3) is 0.786. The van der Waals surface area contributed by atoms with Crippen LogP contribution in [0.3, 0.4) is 0 Å². The number of carbonyl (C=O) groups is 1. The normalized spacial score (nSPS) is 37.8. The Balaban J connectivity index is 2.05. The number of hydrogen-bond donors (Lipinski definition) is 0. The maximum atomic E-state index is 11.0. The van der Waals surface area contributed by atoms with E-state index >= 15 is 0 Å². The van der Waals surface area contributed by atoms with E-state index in [0.29, 0.717) is 12.8 Å². The van der Waals surface area contributed by atoms with Crippen molar-refractivity contribution < 1.29 is 23.7 Å². The first-order valence-electron chi connectivity index (χ1n) is 6.61. The van der Waals surface area contributed by atoms with E-state index in [9.17, 15) is 4.79 Å². The molecule has 2 fully saturated rings. The molecule has 2 rings (SSSR count). The molecule has 0 aromatic carbocycles. The van der Waals surface area contributed by atoms with Crippen LogP contribution in [0.4, 0.5) is 0 Å². The summed E-state index contributed by atoms with van der Waals surface area (Å²) in [4.78, 5) is 11.0. The van der Waals surface area contributed by atoms with Crippen LogP contribution in [0.5, 0.6) is 0 Å². The SMILES string of the molecule is C=CC[C@H](C=O)C[C@H]1O[C@@H](OC)C2OC(C)(C)O[C@H]21. The van der Waals surface area contributed by atoms with E-state index < -0.39 is 12.1 Å². The van der Waals surface area contributed by atoms with Crippen LogP contribution < -0.4 is 0 Å². The van der Waals surface area contributed by atoms with Crippen molar-refractivity contribution in [3.05, 3.63) is 12.7 Å². The van der Waals surface area contributed by atoms with E-state index in [4.69, 9.17) is 18.9 Å². The van der Waals surface area contributed by atoms with E-state index in [0.717, 1.165) is 6.29 Å². The van der Waals surface area contributed by atoms with E-state index in [1.165, 1.54) is 0 Å². The van der Waals surface area contributed by atoms with Gasteiger partial charge in [0.1, 0.15) is 18.5 Å². The van der Waals surface area contributed by atoms with Crippen LogP contribution in [-0.4, -0.2) is 43.8 Å². The van der Waals surface area contributed by atoms with Crippen molar-refractivity contribution in [3.8, 4) is 0 Å². The molecule has 0 amide bonds. The molecule has 0 bridgehead atoms. The molecule has 0 aromatic heterocycles. The maximum absolute atomic E-state index is 11.0. The third-order valence-electron chi connectivity index (χ3n) is 3.54. The number of ether oxygens (including phenoxy) is 4. The molecule has 2 saturated heterocycles. The first-order valence-corrected chi connectivity index (χ1v) is 6.61. The standard InChI is InChI=1S/C14H22O5/c1-5-6-9(8-15)7-10-11-12(13(16-4)17-10)19-14(2,3)18-11/h5,8-13H,1,6-7H2,2-4H3/t9-,10+,11-,12?,13+/m0/s1. The lowest BCUT2D eigenvalue weighted by atomic mass is 9.96. The highest BCUT2D eigenvalue weighted by Crippen LogP contribution is 2.40. The highest BCUT2D eigenvalue weighted by Gasteiger charge is 2.55. The molecule has 0 aliphatic carbocycles. The average Bonchev–Trinajstić information content (AvgIpc) is 2.83. The predicted octanol–water partition coefficient (Wildman–Crippen LogP) is 1.66. The number of fused-ring (bicyclic) bond motifs is 1. The Hall–Kier alpha value is -0.750. The van der Waals surface area contributed by atoms with Gasteiger partial charge in [0.15, 0.2) is 12.1 Å². The Morgan fingerprint density at radius 3 is 2.63 bits per heavy atom. The van der Waals surface area contributed by atoms with Crippen LogP contribution in [0.15, 0.2) is 12.7 Å². The molecule has 2 aliphatic heterocycles. The minimum Gasteiger partial charge on any atom is -0.353 e. The minimum atomic E-state index is -0.636. The van der Waals surface area contributed by atoms with Gasteiger partial charge in [-0.3, -0.25) is 0 Å². The molecule has 0 radical (unpaired) electrons. The summed E-state index contributed by atoms with van der Waals surface area (Å²) in [6.45, 7) is 7.41. The van der Waals surface area contributed by atoms with Crippen LogP contribution in [0.1, 0.15) is 26.7 Å². The summed E-state index contributed by atoms with van der Waals surface area (Å²) in [6, 6.07) is 0. The lowest BCUT2D eigenvalue weighted by Gasteiger charge is -2.24. The topological polar surface area (TPSA) is 54.0 Å². The molecule has 0 aromatic rings. The van der Waals surface area contributed by atoms with Gasteiger partial charge in [-0.05, 0) is 26.7 Å². The number of aldehydes is 1. The summed E-state index contributed by atoms with van der Waals surface area (Å²) >= 11 is 0. The van der Waals surface area contributed by atoms with Gasteiger partial charge in [0, 0.05) is 13.0 Å². The van der Waals surface area contributed by atoms with Gasteiger partial charge < -0.3 is 23.7 Å². The summed E-state index contributed by atoms with van der Waals surface area (Å²) in [5.74, 6) is -0.741. The van der Waals surface area contributed by atoms with Gasteiger partial charge in [-0.1, -0.05) is 6.08 Å². The predicted molar refractivity (Wildman–Crippen MR) is 68.5 cm³/mol. The summed E-state index contributed by atoms with van der Waals surface area (Å²) < 4.78 is 22.7. The number of allylic oxidation sites excluding steroid dienone is 1. The first-order chi connectivity index (χ1) is 9.00. The van der Waals surface area contributed by atoms with E-state index in [1.54, 1.807) is 13.2 Å². The van der Waals surface area contributed by atoms with Crippen molar-refractivity contribution in [1.82, 2.24) is 0 Å². The molecule has 1 unspecified atom stereocenters. The second-order valence-electron chi connectivity index (χ2n) is 5.50. The molecule has 2 heterocycles. The number of rotatable bonds is 6. The smallest absolute Gasteiger partial charge is 0.186 e. The largest absolute Gasteiger partial charge is 0.353 e. The molecule has 5 nitrogen and oxygen atoms in total. The van der Waals surface area contributed by atoms with Gasteiger partial charge >= 0.3 is 0 Å². The summed E-state index contributed by atoms with van der Waals surface area (Å²) in [5, 5.41) is 0. The van der Waals surface area contributed by atoms with E-state index in [-0.39, 0.29) is 24.2 Å². The zero-order valence-corrected chi connectivity index (χ0v) is 11.7. The number of hydrogen-bond acceptors (Lipinski definition) is 5.